The van der Waals surface area contributed by atoms with Gasteiger partial charge in [0.2, 0.25) is 17.8 Å². The molecule has 0 aliphatic carbocycles. The summed E-state index contributed by atoms with van der Waals surface area (Å²) in [4.78, 5) is 33.5. The van der Waals surface area contributed by atoms with Crippen molar-refractivity contribution in [1.82, 2.24) is 19.4 Å². The van der Waals surface area contributed by atoms with Gasteiger partial charge >= 0.3 is 0 Å². The van der Waals surface area contributed by atoms with Gasteiger partial charge in [-0.3, -0.25) is 9.59 Å². The summed E-state index contributed by atoms with van der Waals surface area (Å²) < 4.78 is 1.65. The molecule has 0 spiro atoms. The zero-order chi connectivity index (χ0) is 18.6. The molecule has 0 aromatic carbocycles. The van der Waals surface area contributed by atoms with Crippen LogP contribution < -0.4 is 4.90 Å². The van der Waals surface area contributed by atoms with Crippen molar-refractivity contribution < 1.29 is 9.59 Å². The van der Waals surface area contributed by atoms with Crippen LogP contribution >= 0.6 is 11.6 Å². The molecule has 2 rings (SSSR count). The average Bonchev–Trinajstić information content (AvgIpc) is 2.92. The molecule has 1 fully saturated rings. The Morgan fingerprint density at radius 2 is 2.04 bits per heavy atom. The Kier molecular flexibility index (Phi) is 6.04. The quantitative estimate of drug-likeness (QED) is 0.715. The van der Waals surface area contributed by atoms with Gasteiger partial charge in [-0.05, 0) is 13.0 Å². The van der Waals surface area contributed by atoms with Gasteiger partial charge in [-0.2, -0.15) is 10.2 Å². The van der Waals surface area contributed by atoms with Crippen LogP contribution in [0.4, 0.5) is 5.95 Å². The zero-order valence-electron chi connectivity index (χ0n) is 14.4. The van der Waals surface area contributed by atoms with E-state index in [1.165, 1.54) is 11.0 Å². The van der Waals surface area contributed by atoms with Crippen LogP contribution in [0.5, 0.6) is 0 Å². The highest BCUT2D eigenvalue weighted by atomic mass is 35.5. The zero-order valence-corrected chi connectivity index (χ0v) is 15.2. The Balaban J connectivity index is 1.98. The molecule has 0 bridgehead atoms. The summed E-state index contributed by atoms with van der Waals surface area (Å²) in [6.45, 7) is 7.99. The van der Waals surface area contributed by atoms with Crippen LogP contribution in [0.25, 0.3) is 0 Å². The van der Waals surface area contributed by atoms with Crippen molar-refractivity contribution in [3.05, 3.63) is 23.5 Å². The van der Waals surface area contributed by atoms with Crippen molar-refractivity contribution in [1.29, 1.82) is 5.26 Å². The third kappa shape index (κ3) is 3.94. The highest BCUT2D eigenvalue weighted by molar-refractivity contribution is 6.30. The molecule has 0 unspecified atom stereocenters. The molecule has 0 saturated carbocycles. The van der Waals surface area contributed by atoms with Crippen molar-refractivity contribution in [2.75, 3.05) is 44.2 Å². The van der Waals surface area contributed by atoms with Gasteiger partial charge in [0.05, 0.1) is 6.54 Å². The molecular weight excluding hydrogens is 344 g/mol. The average molecular weight is 365 g/mol. The fourth-order valence-corrected chi connectivity index (χ4v) is 3.00. The van der Waals surface area contributed by atoms with E-state index in [2.05, 4.69) is 11.6 Å². The number of hydrogen-bond donors (Lipinski definition) is 0. The van der Waals surface area contributed by atoms with Crippen molar-refractivity contribution >= 4 is 29.4 Å². The second-order valence-corrected chi connectivity index (χ2v) is 6.00. The lowest BCUT2D eigenvalue weighted by atomic mass is 10.3. The molecule has 134 valence electrons. The first kappa shape index (κ1) is 18.8. The fraction of sp³-hybridized carbons (Fsp3) is 0.500. The third-order valence-corrected chi connectivity index (χ3v) is 4.51. The first-order chi connectivity index (χ1) is 11.9. The molecule has 1 saturated heterocycles. The molecule has 1 aliphatic rings. The number of nitriles is 1. The number of rotatable bonds is 5. The SMILES string of the molecule is C=CC(=O)N(CC)CC(=O)N1CCN(c2nc(Cl)c(C#N)n2C)CC1. The van der Waals surface area contributed by atoms with E-state index in [0.29, 0.717) is 44.4 Å². The second-order valence-electron chi connectivity index (χ2n) is 5.65. The molecule has 0 N–H and O–H groups in total. The number of carbonyl (C=O) groups is 2. The molecule has 2 heterocycles. The highest BCUT2D eigenvalue weighted by Crippen LogP contribution is 2.22. The lowest BCUT2D eigenvalue weighted by Gasteiger charge is -2.36. The van der Waals surface area contributed by atoms with Gasteiger partial charge < -0.3 is 19.3 Å². The van der Waals surface area contributed by atoms with E-state index in [4.69, 9.17) is 16.9 Å². The Morgan fingerprint density at radius 1 is 1.40 bits per heavy atom. The van der Waals surface area contributed by atoms with Gasteiger partial charge in [-0.15, -0.1) is 0 Å². The number of likely N-dealkylation sites (N-methyl/N-ethyl adjacent to an activating group) is 1. The molecule has 2 amide bonds. The van der Waals surface area contributed by atoms with Gasteiger partial charge in [-0.1, -0.05) is 18.2 Å². The summed E-state index contributed by atoms with van der Waals surface area (Å²) in [7, 11) is 1.74. The molecule has 1 aromatic heterocycles. The number of piperazine rings is 1. The van der Waals surface area contributed by atoms with E-state index in [1.807, 2.05) is 17.9 Å². The number of carbonyl (C=O) groups excluding carboxylic acids is 2. The largest absolute Gasteiger partial charge is 0.339 e. The van der Waals surface area contributed by atoms with Crippen LogP contribution in [0.2, 0.25) is 5.15 Å². The molecule has 0 radical (unpaired) electrons. The van der Waals surface area contributed by atoms with Crippen molar-refractivity contribution in [2.45, 2.75) is 6.92 Å². The van der Waals surface area contributed by atoms with Crippen molar-refractivity contribution in [3.63, 3.8) is 0 Å². The molecule has 9 heteroatoms. The van der Waals surface area contributed by atoms with E-state index in [9.17, 15) is 9.59 Å². The first-order valence-electron chi connectivity index (χ1n) is 7.99. The minimum Gasteiger partial charge on any atom is -0.339 e. The van der Waals surface area contributed by atoms with Gasteiger partial charge in [0.1, 0.15) is 6.07 Å². The minimum absolute atomic E-state index is 0.0498. The molecule has 1 aromatic rings. The van der Waals surface area contributed by atoms with Crippen LogP contribution in [0, 0.1) is 11.3 Å². The lowest BCUT2D eigenvalue weighted by Crippen LogP contribution is -2.52. The maximum absolute atomic E-state index is 12.4. The Hall–Kier alpha value is -2.53. The number of imidazole rings is 1. The monoisotopic (exact) mass is 364 g/mol. The standard InChI is InChI=1S/C16H21ClN6O2/c1-4-13(24)21(5-2)11-14(25)22-6-8-23(9-7-22)16-19-15(17)12(10-18)20(16)3/h4H,1,5-9,11H2,2-3H3. The summed E-state index contributed by atoms with van der Waals surface area (Å²) in [5, 5.41) is 9.27. The Morgan fingerprint density at radius 3 is 2.52 bits per heavy atom. The van der Waals surface area contributed by atoms with E-state index >= 15 is 0 Å². The van der Waals surface area contributed by atoms with E-state index in [-0.39, 0.29) is 23.5 Å². The lowest BCUT2D eigenvalue weighted by molar-refractivity contribution is -0.138. The van der Waals surface area contributed by atoms with E-state index in [0.717, 1.165) is 0 Å². The van der Waals surface area contributed by atoms with Crippen LogP contribution in [0.3, 0.4) is 0 Å². The maximum Gasteiger partial charge on any atom is 0.246 e. The van der Waals surface area contributed by atoms with E-state index < -0.39 is 0 Å². The number of aromatic nitrogens is 2. The summed E-state index contributed by atoms with van der Waals surface area (Å²) in [5.41, 5.74) is 0.316. The number of hydrogen-bond acceptors (Lipinski definition) is 5. The van der Waals surface area contributed by atoms with Crippen molar-refractivity contribution in [3.8, 4) is 6.07 Å². The summed E-state index contributed by atoms with van der Waals surface area (Å²) in [5.74, 6) is 0.277. The summed E-state index contributed by atoms with van der Waals surface area (Å²) >= 11 is 5.97. The predicted molar refractivity (Wildman–Crippen MR) is 94.2 cm³/mol. The third-order valence-electron chi connectivity index (χ3n) is 4.24. The Bertz CT molecular complexity index is 715. The van der Waals surface area contributed by atoms with Gasteiger partial charge in [-0.25, -0.2) is 0 Å². The fourth-order valence-electron chi connectivity index (χ4n) is 2.75. The number of nitrogens with zero attached hydrogens (tertiary/aromatic N) is 6. The van der Waals surface area contributed by atoms with Gasteiger partial charge in [0.15, 0.2) is 10.8 Å². The predicted octanol–water partition coefficient (Wildman–Crippen LogP) is 0.628. The second kappa shape index (κ2) is 8.03. The molecule has 8 nitrogen and oxygen atoms in total. The van der Waals surface area contributed by atoms with Crippen LogP contribution in [0.15, 0.2) is 12.7 Å². The summed E-state index contributed by atoms with van der Waals surface area (Å²) in [6.07, 6.45) is 1.21. The van der Waals surface area contributed by atoms with Gasteiger partial charge in [0, 0.05) is 39.8 Å². The van der Waals surface area contributed by atoms with Crippen LogP contribution in [-0.2, 0) is 16.6 Å². The smallest absolute Gasteiger partial charge is 0.246 e. The molecule has 0 atom stereocenters. The Labute approximate surface area is 151 Å². The summed E-state index contributed by atoms with van der Waals surface area (Å²) in [6, 6.07) is 2.03. The normalized spacial score (nSPS) is 14.2. The molecule has 1 aliphatic heterocycles. The number of amides is 2. The van der Waals surface area contributed by atoms with Crippen LogP contribution in [0.1, 0.15) is 12.6 Å². The minimum atomic E-state index is -0.249. The van der Waals surface area contributed by atoms with Crippen LogP contribution in [-0.4, -0.2) is 70.4 Å². The molecular formula is C16H21ClN6O2. The first-order valence-corrected chi connectivity index (χ1v) is 8.37. The van der Waals surface area contributed by atoms with Gasteiger partial charge in [0.25, 0.3) is 0 Å². The molecule has 25 heavy (non-hydrogen) atoms. The van der Waals surface area contributed by atoms with Crippen molar-refractivity contribution in [2.24, 2.45) is 7.05 Å². The highest BCUT2D eigenvalue weighted by Gasteiger charge is 2.26. The van der Waals surface area contributed by atoms with E-state index in [1.54, 1.807) is 16.5 Å². The maximum atomic E-state index is 12.4. The topological polar surface area (TPSA) is 85.5 Å². The number of anilines is 1. The number of halogens is 1.